The van der Waals surface area contributed by atoms with Crippen molar-refractivity contribution in [3.05, 3.63) is 49.1 Å². The van der Waals surface area contributed by atoms with E-state index in [1.165, 1.54) is 0 Å². The van der Waals surface area contributed by atoms with Crippen molar-refractivity contribution in [2.75, 3.05) is 0 Å². The summed E-state index contributed by atoms with van der Waals surface area (Å²) < 4.78 is 0. The van der Waals surface area contributed by atoms with Gasteiger partial charge in [-0.1, -0.05) is 12.1 Å². The number of pyridine rings is 2. The van der Waals surface area contributed by atoms with Crippen LogP contribution in [0.25, 0.3) is 11.1 Å². The topological polar surface area (TPSA) is 25.8 Å². The van der Waals surface area contributed by atoms with Crippen molar-refractivity contribution in [2.24, 2.45) is 0 Å². The van der Waals surface area contributed by atoms with E-state index in [9.17, 15) is 0 Å². The molecule has 2 aromatic rings. The fourth-order valence-corrected chi connectivity index (χ4v) is 1.07. The van der Waals surface area contributed by atoms with Crippen molar-refractivity contribution in [1.29, 1.82) is 0 Å². The van der Waals surface area contributed by atoms with Crippen LogP contribution >= 0.6 is 0 Å². The molecular weight excluding hydrogens is 212 g/mol. The molecule has 2 rings (SSSR count). The van der Waals surface area contributed by atoms with Crippen LogP contribution in [0.15, 0.2) is 49.1 Å². The normalized spacial score (nSPS) is 8.92. The van der Waals surface area contributed by atoms with Crippen molar-refractivity contribution in [3.63, 3.8) is 0 Å². The summed E-state index contributed by atoms with van der Waals surface area (Å²) >= 11 is 0. The van der Waals surface area contributed by atoms with Crippen LogP contribution in [0.1, 0.15) is 0 Å². The molecule has 0 spiro atoms. The second-order valence-electron chi connectivity index (χ2n) is 2.48. The average Bonchev–Trinajstić information content (AvgIpc) is 2.21. The van der Waals surface area contributed by atoms with Gasteiger partial charge in [-0.15, -0.1) is 0 Å². The van der Waals surface area contributed by atoms with Gasteiger partial charge in [-0.05, 0) is 12.1 Å². The zero-order valence-electron chi connectivity index (χ0n) is 6.81. The maximum atomic E-state index is 4.03. The molecule has 0 amide bonds. The van der Waals surface area contributed by atoms with Gasteiger partial charge in [0.1, 0.15) is 0 Å². The molecule has 0 aromatic carbocycles. The Morgan fingerprint density at radius 2 is 1.23 bits per heavy atom. The summed E-state index contributed by atoms with van der Waals surface area (Å²) in [7, 11) is 0. The van der Waals surface area contributed by atoms with Gasteiger partial charge in [0.05, 0.1) is 0 Å². The zero-order valence-corrected chi connectivity index (χ0v) is 7.76. The van der Waals surface area contributed by atoms with Crippen molar-refractivity contribution in [3.8, 4) is 11.1 Å². The van der Waals surface area contributed by atoms with Gasteiger partial charge in [0.25, 0.3) is 0 Å². The third-order valence-electron chi connectivity index (χ3n) is 1.66. The van der Waals surface area contributed by atoms with Crippen LogP contribution in [0.4, 0.5) is 0 Å². The van der Waals surface area contributed by atoms with Gasteiger partial charge in [-0.25, -0.2) is 0 Å². The Morgan fingerprint density at radius 1 is 0.769 bits per heavy atom. The molecule has 0 atom stereocenters. The van der Waals surface area contributed by atoms with E-state index in [0.29, 0.717) is 0 Å². The zero-order chi connectivity index (χ0) is 8.23. The molecule has 0 saturated carbocycles. The Labute approximate surface area is 87.5 Å². The molecule has 2 nitrogen and oxygen atoms in total. The van der Waals surface area contributed by atoms with E-state index in [4.69, 9.17) is 0 Å². The SMILES string of the molecule is [Cu].c1cncc(-c2cccnc2)c1. The first kappa shape index (κ1) is 9.90. The van der Waals surface area contributed by atoms with E-state index in [1.807, 2.05) is 36.7 Å². The first-order chi connectivity index (χ1) is 5.97. The predicted octanol–water partition coefficient (Wildman–Crippen LogP) is 2.14. The van der Waals surface area contributed by atoms with Crippen LogP contribution in [-0.4, -0.2) is 9.97 Å². The van der Waals surface area contributed by atoms with Gasteiger partial charge < -0.3 is 0 Å². The molecule has 2 aromatic heterocycles. The summed E-state index contributed by atoms with van der Waals surface area (Å²) in [5.41, 5.74) is 2.20. The van der Waals surface area contributed by atoms with Crippen LogP contribution in [0.5, 0.6) is 0 Å². The van der Waals surface area contributed by atoms with Crippen LogP contribution in [0.2, 0.25) is 0 Å². The van der Waals surface area contributed by atoms with Gasteiger partial charge >= 0.3 is 0 Å². The fraction of sp³-hybridized carbons (Fsp3) is 0. The first-order valence-electron chi connectivity index (χ1n) is 3.77. The van der Waals surface area contributed by atoms with E-state index in [1.54, 1.807) is 12.4 Å². The molecule has 13 heavy (non-hydrogen) atoms. The number of aromatic nitrogens is 2. The van der Waals surface area contributed by atoms with Crippen LogP contribution in [0.3, 0.4) is 0 Å². The standard InChI is InChI=1S/C10H8N2.Cu/c1-3-9(7-11-5-1)10-4-2-6-12-8-10;/h1-8H;. The largest absolute Gasteiger partial charge is 0.264 e. The van der Waals surface area contributed by atoms with E-state index >= 15 is 0 Å². The molecular formula is C10H8CuN2. The minimum Gasteiger partial charge on any atom is -0.264 e. The van der Waals surface area contributed by atoms with E-state index in [2.05, 4.69) is 9.97 Å². The number of rotatable bonds is 1. The summed E-state index contributed by atoms with van der Waals surface area (Å²) in [5.74, 6) is 0. The van der Waals surface area contributed by atoms with Crippen molar-refractivity contribution >= 4 is 0 Å². The summed E-state index contributed by atoms with van der Waals surface area (Å²) in [4.78, 5) is 8.07. The Balaban J connectivity index is 0.000000845. The number of hydrogen-bond donors (Lipinski definition) is 0. The van der Waals surface area contributed by atoms with Gasteiger partial charge in [-0.2, -0.15) is 0 Å². The van der Waals surface area contributed by atoms with Crippen molar-refractivity contribution in [2.45, 2.75) is 0 Å². The Morgan fingerprint density at radius 3 is 1.54 bits per heavy atom. The second kappa shape index (κ2) is 4.75. The molecule has 0 N–H and O–H groups in total. The molecule has 0 bridgehead atoms. The Hall–Kier alpha value is -1.18. The quantitative estimate of drug-likeness (QED) is 0.687. The second-order valence-corrected chi connectivity index (χ2v) is 2.48. The summed E-state index contributed by atoms with van der Waals surface area (Å²) in [6.45, 7) is 0. The van der Waals surface area contributed by atoms with Gasteiger partial charge in [0.15, 0.2) is 0 Å². The smallest absolute Gasteiger partial charge is 0.0346 e. The van der Waals surface area contributed by atoms with Crippen LogP contribution in [0, 0.1) is 0 Å². The summed E-state index contributed by atoms with van der Waals surface area (Å²) in [5, 5.41) is 0. The maximum absolute atomic E-state index is 4.03. The number of nitrogens with zero attached hydrogens (tertiary/aromatic N) is 2. The number of hydrogen-bond acceptors (Lipinski definition) is 2. The van der Waals surface area contributed by atoms with Crippen molar-refractivity contribution in [1.82, 2.24) is 9.97 Å². The molecule has 1 radical (unpaired) electrons. The molecule has 0 aliphatic heterocycles. The molecule has 0 unspecified atom stereocenters. The van der Waals surface area contributed by atoms with Crippen LogP contribution in [-0.2, 0) is 17.1 Å². The summed E-state index contributed by atoms with van der Waals surface area (Å²) in [6, 6.07) is 7.87. The van der Waals surface area contributed by atoms with E-state index < -0.39 is 0 Å². The molecule has 3 heteroatoms. The monoisotopic (exact) mass is 219 g/mol. The van der Waals surface area contributed by atoms with Gasteiger partial charge in [0.2, 0.25) is 0 Å². The van der Waals surface area contributed by atoms with Gasteiger partial charge in [-0.3, -0.25) is 9.97 Å². The average molecular weight is 220 g/mol. The minimum absolute atomic E-state index is 0. The van der Waals surface area contributed by atoms with Gasteiger partial charge in [0, 0.05) is 53.0 Å². The minimum atomic E-state index is 0. The van der Waals surface area contributed by atoms with Crippen LogP contribution < -0.4 is 0 Å². The molecule has 0 fully saturated rings. The first-order valence-corrected chi connectivity index (χ1v) is 3.77. The third-order valence-corrected chi connectivity index (χ3v) is 1.66. The maximum Gasteiger partial charge on any atom is 0.0346 e. The third kappa shape index (κ3) is 2.38. The molecule has 0 saturated heterocycles. The molecule has 2 heterocycles. The van der Waals surface area contributed by atoms with E-state index in [0.717, 1.165) is 11.1 Å². The molecule has 0 aliphatic carbocycles. The molecule has 69 valence electrons. The Bertz CT molecular complexity index is 310. The summed E-state index contributed by atoms with van der Waals surface area (Å²) in [6.07, 6.45) is 7.19. The van der Waals surface area contributed by atoms with Crippen molar-refractivity contribution < 1.29 is 17.1 Å². The van der Waals surface area contributed by atoms with E-state index in [-0.39, 0.29) is 17.1 Å². The fourth-order valence-electron chi connectivity index (χ4n) is 1.07. The molecule has 0 aliphatic rings. The Kier molecular flexibility index (Phi) is 3.62. The predicted molar refractivity (Wildman–Crippen MR) is 47.5 cm³/mol.